The number of halogens is 1. The molecule has 2 aromatic carbocycles. The lowest BCUT2D eigenvalue weighted by atomic mass is 10.1. The predicted molar refractivity (Wildman–Crippen MR) is 75.3 cm³/mol. The van der Waals surface area contributed by atoms with E-state index < -0.39 is 0 Å². The van der Waals surface area contributed by atoms with Crippen LogP contribution in [-0.4, -0.2) is 0 Å². The summed E-state index contributed by atoms with van der Waals surface area (Å²) in [6, 6.07) is 11.6. The van der Waals surface area contributed by atoms with Crippen LogP contribution in [0.15, 0.2) is 36.4 Å². The Morgan fingerprint density at radius 3 is 2.44 bits per heavy atom. The van der Waals surface area contributed by atoms with Gasteiger partial charge in [0.25, 0.3) is 0 Å². The summed E-state index contributed by atoms with van der Waals surface area (Å²) < 4.78 is 5.90. The van der Waals surface area contributed by atoms with Crippen molar-refractivity contribution >= 4 is 11.6 Å². The average molecular weight is 262 g/mol. The third-order valence-corrected chi connectivity index (χ3v) is 3.03. The minimum Gasteiger partial charge on any atom is -0.457 e. The maximum absolute atomic E-state index is 5.94. The molecule has 0 fully saturated rings. The van der Waals surface area contributed by atoms with Crippen LogP contribution in [0.5, 0.6) is 11.5 Å². The van der Waals surface area contributed by atoms with Crippen molar-refractivity contribution in [1.82, 2.24) is 0 Å². The van der Waals surface area contributed by atoms with E-state index in [1.807, 2.05) is 31.2 Å². The Balaban J connectivity index is 2.33. The summed E-state index contributed by atoms with van der Waals surface area (Å²) in [5.74, 6) is 1.60. The van der Waals surface area contributed by atoms with Gasteiger partial charge in [-0.15, -0.1) is 0 Å². The number of aryl methyl sites for hydroxylation is 2. The van der Waals surface area contributed by atoms with Crippen LogP contribution >= 0.6 is 11.6 Å². The highest BCUT2D eigenvalue weighted by Gasteiger charge is 2.06. The van der Waals surface area contributed by atoms with E-state index in [-0.39, 0.29) is 0 Å². The number of rotatable bonds is 3. The fourth-order valence-corrected chi connectivity index (χ4v) is 2.03. The molecule has 0 atom stereocenters. The summed E-state index contributed by atoms with van der Waals surface area (Å²) in [6.45, 7) is 4.49. The molecule has 0 radical (unpaired) electrons. The van der Waals surface area contributed by atoms with E-state index in [1.165, 1.54) is 5.56 Å². The monoisotopic (exact) mass is 261 g/mol. The van der Waals surface area contributed by atoms with Crippen molar-refractivity contribution in [3.8, 4) is 11.5 Å². The van der Waals surface area contributed by atoms with Crippen LogP contribution in [0.3, 0.4) is 0 Å². The number of hydrogen-bond acceptors (Lipinski definition) is 2. The van der Waals surface area contributed by atoms with Gasteiger partial charge in [0, 0.05) is 17.1 Å². The first-order valence-corrected chi connectivity index (χ1v) is 6.21. The van der Waals surface area contributed by atoms with Gasteiger partial charge in [0.15, 0.2) is 0 Å². The molecule has 0 spiro atoms. The molecule has 0 aliphatic carbocycles. The fourth-order valence-electron chi connectivity index (χ4n) is 1.84. The van der Waals surface area contributed by atoms with E-state index in [2.05, 4.69) is 13.0 Å². The van der Waals surface area contributed by atoms with Crippen molar-refractivity contribution in [1.29, 1.82) is 0 Å². The van der Waals surface area contributed by atoms with Crippen LogP contribution in [0.25, 0.3) is 0 Å². The van der Waals surface area contributed by atoms with Crippen molar-refractivity contribution in [3.63, 3.8) is 0 Å². The molecule has 0 saturated carbocycles. The van der Waals surface area contributed by atoms with E-state index in [9.17, 15) is 0 Å². The smallest absolute Gasteiger partial charge is 0.132 e. The summed E-state index contributed by atoms with van der Waals surface area (Å²) >= 11 is 5.94. The molecule has 0 bridgehead atoms. The third kappa shape index (κ3) is 2.84. The zero-order valence-electron chi connectivity index (χ0n) is 10.5. The first-order valence-electron chi connectivity index (χ1n) is 5.84. The van der Waals surface area contributed by atoms with Gasteiger partial charge in [-0.1, -0.05) is 29.3 Å². The van der Waals surface area contributed by atoms with Crippen molar-refractivity contribution in [3.05, 3.63) is 58.1 Å². The van der Waals surface area contributed by atoms with Gasteiger partial charge in [-0.2, -0.15) is 0 Å². The third-order valence-electron chi connectivity index (χ3n) is 2.79. The standard InChI is InChI=1S/C15H16ClNO/c1-10-3-5-14(11(2)7-10)18-15-6-4-13(16)8-12(15)9-17/h3-8H,9,17H2,1-2H3. The second-order valence-corrected chi connectivity index (χ2v) is 4.76. The molecule has 0 aromatic heterocycles. The average Bonchev–Trinajstić information content (AvgIpc) is 2.34. The molecule has 0 aliphatic heterocycles. The zero-order chi connectivity index (χ0) is 13.1. The van der Waals surface area contributed by atoms with Crippen molar-refractivity contribution in [2.75, 3.05) is 0 Å². The molecular formula is C15H16ClNO. The maximum Gasteiger partial charge on any atom is 0.132 e. The molecule has 2 N–H and O–H groups in total. The van der Waals surface area contributed by atoms with Crippen molar-refractivity contribution < 1.29 is 4.74 Å². The summed E-state index contributed by atoms with van der Waals surface area (Å²) in [7, 11) is 0. The molecule has 0 amide bonds. The van der Waals surface area contributed by atoms with Gasteiger partial charge in [0.2, 0.25) is 0 Å². The quantitative estimate of drug-likeness (QED) is 0.898. The number of nitrogens with two attached hydrogens (primary N) is 1. The highest BCUT2D eigenvalue weighted by atomic mass is 35.5. The van der Waals surface area contributed by atoms with Crippen molar-refractivity contribution in [2.45, 2.75) is 20.4 Å². The number of ether oxygens (including phenoxy) is 1. The van der Waals surface area contributed by atoms with Crippen LogP contribution in [0.2, 0.25) is 5.02 Å². The van der Waals surface area contributed by atoms with Gasteiger partial charge < -0.3 is 10.5 Å². The number of benzene rings is 2. The number of hydrogen-bond donors (Lipinski definition) is 1. The molecule has 2 aromatic rings. The highest BCUT2D eigenvalue weighted by molar-refractivity contribution is 6.30. The van der Waals surface area contributed by atoms with Gasteiger partial charge in [0.1, 0.15) is 11.5 Å². The zero-order valence-corrected chi connectivity index (χ0v) is 11.3. The Labute approximate surface area is 112 Å². The molecule has 18 heavy (non-hydrogen) atoms. The molecule has 94 valence electrons. The molecule has 0 heterocycles. The van der Waals surface area contributed by atoms with E-state index in [4.69, 9.17) is 22.1 Å². The Bertz CT molecular complexity index is 566. The van der Waals surface area contributed by atoms with E-state index in [0.29, 0.717) is 11.6 Å². The minimum atomic E-state index is 0.404. The lowest BCUT2D eigenvalue weighted by Crippen LogP contribution is -2.00. The molecule has 2 rings (SSSR count). The van der Waals surface area contributed by atoms with E-state index >= 15 is 0 Å². The Hall–Kier alpha value is -1.51. The van der Waals surface area contributed by atoms with Gasteiger partial charge in [-0.25, -0.2) is 0 Å². The molecule has 0 saturated heterocycles. The first kappa shape index (κ1) is 12.9. The van der Waals surface area contributed by atoms with Crippen LogP contribution in [0.4, 0.5) is 0 Å². The lowest BCUT2D eigenvalue weighted by molar-refractivity contribution is 0.472. The normalized spacial score (nSPS) is 10.4. The van der Waals surface area contributed by atoms with E-state index in [1.54, 1.807) is 6.07 Å². The van der Waals surface area contributed by atoms with Crippen LogP contribution < -0.4 is 10.5 Å². The summed E-state index contributed by atoms with van der Waals surface area (Å²) in [4.78, 5) is 0. The minimum absolute atomic E-state index is 0.404. The summed E-state index contributed by atoms with van der Waals surface area (Å²) in [5.41, 5.74) is 8.92. The second-order valence-electron chi connectivity index (χ2n) is 4.33. The lowest BCUT2D eigenvalue weighted by Gasteiger charge is -2.12. The van der Waals surface area contributed by atoms with Gasteiger partial charge in [-0.05, 0) is 43.7 Å². The summed E-state index contributed by atoms with van der Waals surface area (Å²) in [6.07, 6.45) is 0. The van der Waals surface area contributed by atoms with E-state index in [0.717, 1.165) is 22.6 Å². The second kappa shape index (κ2) is 5.42. The van der Waals surface area contributed by atoms with Gasteiger partial charge in [-0.3, -0.25) is 0 Å². The van der Waals surface area contributed by atoms with Crippen LogP contribution in [0, 0.1) is 13.8 Å². The van der Waals surface area contributed by atoms with Crippen LogP contribution in [-0.2, 0) is 6.54 Å². The van der Waals surface area contributed by atoms with Gasteiger partial charge in [0.05, 0.1) is 0 Å². The Kier molecular flexibility index (Phi) is 3.90. The SMILES string of the molecule is Cc1ccc(Oc2ccc(Cl)cc2CN)c(C)c1. The largest absolute Gasteiger partial charge is 0.457 e. The topological polar surface area (TPSA) is 35.2 Å². The molecular weight excluding hydrogens is 246 g/mol. The van der Waals surface area contributed by atoms with Crippen LogP contribution in [0.1, 0.15) is 16.7 Å². The first-order chi connectivity index (χ1) is 8.60. The predicted octanol–water partition coefficient (Wildman–Crippen LogP) is 4.21. The fraction of sp³-hybridized carbons (Fsp3) is 0.200. The van der Waals surface area contributed by atoms with Gasteiger partial charge >= 0.3 is 0 Å². The molecule has 3 heteroatoms. The highest BCUT2D eigenvalue weighted by Crippen LogP contribution is 2.29. The van der Waals surface area contributed by atoms with Crippen molar-refractivity contribution in [2.24, 2.45) is 5.73 Å². The molecule has 0 unspecified atom stereocenters. The Morgan fingerprint density at radius 2 is 1.78 bits per heavy atom. The molecule has 0 aliphatic rings. The maximum atomic E-state index is 5.94. The Morgan fingerprint density at radius 1 is 1.06 bits per heavy atom. The molecule has 2 nitrogen and oxygen atoms in total. The summed E-state index contributed by atoms with van der Waals surface area (Å²) in [5, 5.41) is 0.670.